The molecule has 14 heavy (non-hydrogen) atoms. The van der Waals surface area contributed by atoms with Crippen molar-refractivity contribution in [1.29, 1.82) is 0 Å². The number of nitrogens with one attached hydrogen (secondary N) is 1. The molecule has 0 bridgehead atoms. The van der Waals surface area contributed by atoms with E-state index in [9.17, 15) is 26.7 Å². The number of hydrogen-bond acceptors (Lipinski definition) is 2. The summed E-state index contributed by atoms with van der Waals surface area (Å²) < 4.78 is 59.3. The number of nitrogens with two attached hydrogens (primary N) is 1. The molecule has 0 aliphatic rings. The maximum absolute atomic E-state index is 12.2. The number of halogens is 5. The van der Waals surface area contributed by atoms with Gasteiger partial charge in [0.15, 0.2) is 0 Å². The molecule has 0 saturated heterocycles. The average Bonchev–Trinajstić information content (AvgIpc) is 2.01. The van der Waals surface area contributed by atoms with Gasteiger partial charge in [0.1, 0.15) is 0 Å². The summed E-state index contributed by atoms with van der Waals surface area (Å²) in [6.45, 7) is 0.990. The van der Waals surface area contributed by atoms with E-state index in [1.165, 1.54) is 12.2 Å². The molecule has 0 rings (SSSR count). The Kier molecular flexibility index (Phi) is 3.81. The standard InChI is InChI=1S/C6H9F5N2O/c1-3(2-12)13-4(14)5(7,8)6(9,10)11/h3H,2,12H2,1H3,(H,13,14). The van der Waals surface area contributed by atoms with Crippen molar-refractivity contribution in [3.8, 4) is 0 Å². The van der Waals surface area contributed by atoms with Gasteiger partial charge < -0.3 is 11.1 Å². The van der Waals surface area contributed by atoms with Gasteiger partial charge in [-0.1, -0.05) is 0 Å². The van der Waals surface area contributed by atoms with Crippen LogP contribution in [-0.4, -0.2) is 30.6 Å². The van der Waals surface area contributed by atoms with Crippen LogP contribution in [0.2, 0.25) is 0 Å². The maximum Gasteiger partial charge on any atom is 0.463 e. The summed E-state index contributed by atoms with van der Waals surface area (Å²) in [7, 11) is 0. The number of rotatable bonds is 3. The van der Waals surface area contributed by atoms with Crippen molar-refractivity contribution in [2.45, 2.75) is 25.1 Å². The first-order valence-electron chi connectivity index (χ1n) is 3.58. The Labute approximate surface area is 76.4 Å². The highest BCUT2D eigenvalue weighted by Gasteiger charge is 2.63. The molecule has 3 nitrogen and oxygen atoms in total. The van der Waals surface area contributed by atoms with Gasteiger partial charge in [0.2, 0.25) is 0 Å². The molecule has 0 radical (unpaired) electrons. The molecule has 0 saturated carbocycles. The first-order chi connectivity index (χ1) is 6.13. The molecule has 0 aromatic heterocycles. The van der Waals surface area contributed by atoms with Crippen molar-refractivity contribution >= 4 is 5.91 Å². The van der Waals surface area contributed by atoms with Crippen molar-refractivity contribution in [1.82, 2.24) is 5.32 Å². The Morgan fingerprint density at radius 3 is 2.07 bits per heavy atom. The van der Waals surface area contributed by atoms with E-state index < -0.39 is 24.0 Å². The van der Waals surface area contributed by atoms with Crippen LogP contribution in [0.4, 0.5) is 22.0 Å². The van der Waals surface area contributed by atoms with Crippen LogP contribution in [0, 0.1) is 0 Å². The summed E-state index contributed by atoms with van der Waals surface area (Å²) in [6, 6.07) is -0.935. The zero-order valence-corrected chi connectivity index (χ0v) is 7.16. The van der Waals surface area contributed by atoms with E-state index in [2.05, 4.69) is 0 Å². The molecular weight excluding hydrogens is 211 g/mol. The lowest BCUT2D eigenvalue weighted by Crippen LogP contribution is -2.53. The molecule has 3 N–H and O–H groups in total. The van der Waals surface area contributed by atoms with Gasteiger partial charge in [0, 0.05) is 12.6 Å². The molecule has 0 fully saturated rings. The van der Waals surface area contributed by atoms with Crippen LogP contribution < -0.4 is 11.1 Å². The average molecular weight is 220 g/mol. The maximum atomic E-state index is 12.2. The minimum atomic E-state index is -5.88. The highest BCUT2D eigenvalue weighted by atomic mass is 19.4. The molecule has 0 aliphatic heterocycles. The third-order valence-corrected chi connectivity index (χ3v) is 1.37. The van der Waals surface area contributed by atoms with Gasteiger partial charge in [0.05, 0.1) is 0 Å². The quantitative estimate of drug-likeness (QED) is 0.686. The van der Waals surface area contributed by atoms with E-state index in [0.717, 1.165) is 0 Å². The van der Waals surface area contributed by atoms with Crippen molar-refractivity contribution in [3.63, 3.8) is 0 Å². The first kappa shape index (κ1) is 13.1. The summed E-state index contributed by atoms with van der Waals surface area (Å²) in [5.41, 5.74) is 4.93. The minimum Gasteiger partial charge on any atom is -0.347 e. The highest BCUT2D eigenvalue weighted by Crippen LogP contribution is 2.35. The third kappa shape index (κ3) is 2.79. The second kappa shape index (κ2) is 4.07. The van der Waals surface area contributed by atoms with Crippen LogP contribution in [0.5, 0.6) is 0 Å². The molecule has 0 aromatic rings. The molecule has 8 heteroatoms. The molecule has 1 unspecified atom stereocenters. The van der Waals surface area contributed by atoms with E-state index in [1.807, 2.05) is 0 Å². The number of carbonyl (C=O) groups excluding carboxylic acids is 1. The molecule has 1 amide bonds. The summed E-state index contributed by atoms with van der Waals surface area (Å²) in [5, 5.41) is 1.44. The Morgan fingerprint density at radius 1 is 1.36 bits per heavy atom. The molecule has 0 spiro atoms. The second-order valence-corrected chi connectivity index (χ2v) is 2.68. The van der Waals surface area contributed by atoms with E-state index in [0.29, 0.717) is 0 Å². The molecule has 1 atom stereocenters. The largest absolute Gasteiger partial charge is 0.463 e. The van der Waals surface area contributed by atoms with Crippen molar-refractivity contribution < 1.29 is 26.7 Å². The molecule has 0 heterocycles. The lowest BCUT2D eigenvalue weighted by molar-refractivity contribution is -0.270. The van der Waals surface area contributed by atoms with Gasteiger partial charge in [-0.05, 0) is 6.92 Å². The lowest BCUT2D eigenvalue weighted by atomic mass is 10.2. The normalized spacial score (nSPS) is 15.1. The topological polar surface area (TPSA) is 55.1 Å². The first-order valence-corrected chi connectivity index (χ1v) is 3.58. The second-order valence-electron chi connectivity index (χ2n) is 2.68. The van der Waals surface area contributed by atoms with Crippen LogP contribution >= 0.6 is 0 Å². The van der Waals surface area contributed by atoms with Crippen LogP contribution in [-0.2, 0) is 4.79 Å². The Hall–Kier alpha value is -0.920. The van der Waals surface area contributed by atoms with Gasteiger partial charge in [-0.15, -0.1) is 0 Å². The summed E-state index contributed by atoms with van der Waals surface area (Å²) in [6.07, 6.45) is -5.88. The number of hydrogen-bond donors (Lipinski definition) is 2. The molecule has 0 aliphatic carbocycles. The zero-order chi connectivity index (χ0) is 11.6. The van der Waals surface area contributed by atoms with Crippen molar-refractivity contribution in [3.05, 3.63) is 0 Å². The van der Waals surface area contributed by atoms with Crippen LogP contribution in [0.15, 0.2) is 0 Å². The fourth-order valence-electron chi connectivity index (χ4n) is 0.502. The van der Waals surface area contributed by atoms with E-state index in [-0.39, 0.29) is 6.54 Å². The van der Waals surface area contributed by atoms with Gasteiger partial charge >= 0.3 is 18.0 Å². The zero-order valence-electron chi connectivity index (χ0n) is 7.16. The Morgan fingerprint density at radius 2 is 1.79 bits per heavy atom. The molecule has 84 valence electrons. The third-order valence-electron chi connectivity index (χ3n) is 1.37. The fraction of sp³-hybridized carbons (Fsp3) is 0.833. The highest BCUT2D eigenvalue weighted by molar-refractivity contribution is 5.84. The Balaban J connectivity index is 4.53. The van der Waals surface area contributed by atoms with Gasteiger partial charge in [-0.3, -0.25) is 4.79 Å². The van der Waals surface area contributed by atoms with Crippen molar-refractivity contribution in [2.75, 3.05) is 6.54 Å². The summed E-state index contributed by atoms with van der Waals surface area (Å²) in [4.78, 5) is 10.4. The number of alkyl halides is 5. The van der Waals surface area contributed by atoms with E-state index in [1.54, 1.807) is 0 Å². The summed E-state index contributed by atoms with van der Waals surface area (Å²) in [5.74, 6) is -7.76. The summed E-state index contributed by atoms with van der Waals surface area (Å²) >= 11 is 0. The molecule has 0 aromatic carbocycles. The predicted octanol–water partition coefficient (Wildman–Crippen LogP) is 0.647. The lowest BCUT2D eigenvalue weighted by Gasteiger charge is -2.20. The smallest absolute Gasteiger partial charge is 0.347 e. The van der Waals surface area contributed by atoms with Crippen LogP contribution in [0.25, 0.3) is 0 Å². The van der Waals surface area contributed by atoms with Crippen LogP contribution in [0.3, 0.4) is 0 Å². The monoisotopic (exact) mass is 220 g/mol. The number of amides is 1. The van der Waals surface area contributed by atoms with Gasteiger partial charge in [-0.2, -0.15) is 22.0 Å². The predicted molar refractivity (Wildman–Crippen MR) is 37.7 cm³/mol. The molecular formula is C6H9F5N2O. The Bertz CT molecular complexity index is 215. The van der Waals surface area contributed by atoms with E-state index >= 15 is 0 Å². The van der Waals surface area contributed by atoms with E-state index in [4.69, 9.17) is 5.73 Å². The van der Waals surface area contributed by atoms with Gasteiger partial charge in [0.25, 0.3) is 0 Å². The van der Waals surface area contributed by atoms with Crippen LogP contribution in [0.1, 0.15) is 6.92 Å². The fourth-order valence-corrected chi connectivity index (χ4v) is 0.502. The minimum absolute atomic E-state index is 0.223. The van der Waals surface area contributed by atoms with Gasteiger partial charge in [-0.25, -0.2) is 0 Å². The van der Waals surface area contributed by atoms with Crippen molar-refractivity contribution in [2.24, 2.45) is 5.73 Å². The SMILES string of the molecule is CC(CN)NC(=O)C(F)(F)C(F)(F)F. The number of carbonyl (C=O) groups is 1.